The summed E-state index contributed by atoms with van der Waals surface area (Å²) >= 11 is 0. The number of nitrogens with zero attached hydrogens (tertiary/aromatic N) is 2. The molecule has 0 amide bonds. The van der Waals surface area contributed by atoms with E-state index in [2.05, 4.69) is 22.9 Å². The minimum atomic E-state index is -5.17. The fourth-order valence-electron chi connectivity index (χ4n) is 1.34. The molecule has 20 heavy (non-hydrogen) atoms. The first kappa shape index (κ1) is 23.8. The quantitative estimate of drug-likeness (QED) is 0.182. The average molecular weight is 316 g/mol. The molecule has 8 N–H and O–H groups in total. The molecular formula is C9H24N4O6S. The molecule has 1 heterocycles. The number of hydrogen-bond acceptors (Lipinski definition) is 6. The molecule has 0 saturated carbocycles. The highest BCUT2D eigenvalue weighted by Gasteiger charge is 2.07. The van der Waals surface area contributed by atoms with E-state index in [1.54, 1.807) is 0 Å². The molecule has 0 aromatic rings. The molecule has 0 aromatic carbocycles. The van der Waals surface area contributed by atoms with Gasteiger partial charge in [0.25, 0.3) is 0 Å². The third-order valence-electron chi connectivity index (χ3n) is 2.23. The van der Waals surface area contributed by atoms with Gasteiger partial charge in [-0.25, -0.2) is 0 Å². The van der Waals surface area contributed by atoms with E-state index in [-0.39, 0.29) is 19.8 Å². The zero-order chi connectivity index (χ0) is 14.2. The first-order valence-corrected chi connectivity index (χ1v) is 6.62. The predicted molar refractivity (Wildman–Crippen MR) is 75.4 cm³/mol. The molecule has 1 aliphatic rings. The molecule has 1 rings (SSSR count). The minimum Gasteiger partial charge on any atom is -0.759 e. The van der Waals surface area contributed by atoms with Crippen molar-refractivity contribution >= 4 is 16.4 Å². The van der Waals surface area contributed by atoms with E-state index in [0.717, 1.165) is 19.6 Å². The van der Waals surface area contributed by atoms with Crippen LogP contribution in [0.5, 0.6) is 0 Å². The topological polar surface area (TPSA) is 211 Å². The van der Waals surface area contributed by atoms with E-state index in [1.807, 2.05) is 0 Å². The van der Waals surface area contributed by atoms with Gasteiger partial charge in [-0.2, -0.15) is 0 Å². The number of nitrogens with two attached hydrogens (primary N) is 2. The summed E-state index contributed by atoms with van der Waals surface area (Å²) in [5.74, 6) is 0.184. The highest BCUT2D eigenvalue weighted by atomic mass is 32.3. The Balaban J connectivity index is -0.0000000952. The molecule has 0 radical (unpaired) electrons. The Hall–Kier alpha value is -1.24. The summed E-state index contributed by atoms with van der Waals surface area (Å²) in [5, 5.41) is 0. The second-order valence-electron chi connectivity index (χ2n) is 3.82. The second-order valence-corrected chi connectivity index (χ2v) is 4.63. The highest BCUT2D eigenvalue weighted by molar-refractivity contribution is 7.79. The van der Waals surface area contributed by atoms with Gasteiger partial charge in [-0.05, 0) is 13.3 Å². The molecular weight excluding hydrogens is 292 g/mol. The van der Waals surface area contributed by atoms with Crippen molar-refractivity contribution in [3.8, 4) is 0 Å². The normalized spacial score (nSPS) is 14.7. The Morgan fingerprint density at radius 1 is 1.45 bits per heavy atom. The summed E-state index contributed by atoms with van der Waals surface area (Å²) < 4.78 is 34.1. The van der Waals surface area contributed by atoms with Gasteiger partial charge in [0.1, 0.15) is 0 Å². The van der Waals surface area contributed by atoms with Gasteiger partial charge >= 0.3 is 2.85 Å². The van der Waals surface area contributed by atoms with Gasteiger partial charge in [0, 0.05) is 30.0 Å². The van der Waals surface area contributed by atoms with Crippen LogP contribution in [-0.2, 0) is 10.4 Å². The zero-order valence-corrected chi connectivity index (χ0v) is 12.0. The number of hydrogen-bond donors (Lipinski definition) is 2. The molecule has 10 nitrogen and oxygen atoms in total. The Kier molecular flexibility index (Phi) is 13.8. The molecule has 0 spiro atoms. The van der Waals surface area contributed by atoms with Crippen LogP contribution in [0.4, 0.5) is 0 Å². The summed E-state index contributed by atoms with van der Waals surface area (Å²) in [5.41, 5.74) is 11.9. The second kappa shape index (κ2) is 11.6. The van der Waals surface area contributed by atoms with Crippen LogP contribution >= 0.6 is 0 Å². The monoisotopic (exact) mass is 316 g/mol. The molecule has 0 aliphatic carbocycles. The third kappa shape index (κ3) is 19.1. The lowest BCUT2D eigenvalue weighted by molar-refractivity contribution is 0.302. The maximum absolute atomic E-state index is 8.52. The van der Waals surface area contributed by atoms with Crippen LogP contribution in [0, 0.1) is 0 Å². The van der Waals surface area contributed by atoms with Crippen LogP contribution < -0.4 is 11.5 Å². The maximum Gasteiger partial charge on any atom is 1.00 e. The third-order valence-corrected chi connectivity index (χ3v) is 2.23. The number of rotatable bonds is 3. The minimum absolute atomic E-state index is 0. The van der Waals surface area contributed by atoms with Gasteiger partial charge in [0.05, 0.1) is 6.54 Å². The lowest BCUT2D eigenvalue weighted by Gasteiger charge is -2.24. The van der Waals surface area contributed by atoms with Crippen molar-refractivity contribution in [1.29, 1.82) is 0 Å². The van der Waals surface area contributed by atoms with Crippen LogP contribution in [-0.4, -0.2) is 65.5 Å². The van der Waals surface area contributed by atoms with E-state index in [0.29, 0.717) is 6.54 Å². The Labute approximate surface area is 121 Å². The van der Waals surface area contributed by atoms with E-state index < -0.39 is 10.4 Å². The standard InChI is InChI=1S/C9H18N4.H2O4S.2H2O/c1-8-2-5-13(6-3-8)7-4-12-9(10)11;1-5(2,3)4;;/h2H,3-7H2,1H3,(H4,10,11,12);(H2,1,2,3,4);2*1H2. The number of aliphatic imine (C=N–C) groups is 1. The molecule has 0 aromatic heterocycles. The van der Waals surface area contributed by atoms with E-state index in [1.165, 1.54) is 12.0 Å². The molecule has 0 bridgehead atoms. The van der Waals surface area contributed by atoms with Crippen molar-refractivity contribution in [2.75, 3.05) is 26.2 Å². The van der Waals surface area contributed by atoms with Crippen LogP contribution in [0.2, 0.25) is 0 Å². The van der Waals surface area contributed by atoms with Gasteiger partial charge in [-0.1, -0.05) is 11.6 Å². The summed E-state index contributed by atoms with van der Waals surface area (Å²) in [7, 11) is -5.17. The van der Waals surface area contributed by atoms with Crippen LogP contribution in [0.3, 0.4) is 0 Å². The summed E-state index contributed by atoms with van der Waals surface area (Å²) in [4.78, 5) is 6.29. The first-order chi connectivity index (χ1) is 8.18. The maximum atomic E-state index is 8.52. The Morgan fingerprint density at radius 2 is 1.95 bits per heavy atom. The lowest BCUT2D eigenvalue weighted by Crippen LogP contribution is -2.32. The van der Waals surface area contributed by atoms with Crippen molar-refractivity contribution in [2.24, 2.45) is 16.5 Å². The summed E-state index contributed by atoms with van der Waals surface area (Å²) in [6.07, 6.45) is 3.43. The van der Waals surface area contributed by atoms with Crippen LogP contribution in [0.15, 0.2) is 16.6 Å². The van der Waals surface area contributed by atoms with Crippen molar-refractivity contribution in [3.63, 3.8) is 0 Å². The number of guanidine groups is 1. The summed E-state index contributed by atoms with van der Waals surface area (Å²) in [6.45, 7) is 5.98. The average Bonchev–Trinajstić information content (AvgIpc) is 2.18. The van der Waals surface area contributed by atoms with E-state index in [4.69, 9.17) is 29.0 Å². The van der Waals surface area contributed by atoms with Crippen molar-refractivity contribution in [2.45, 2.75) is 13.3 Å². The molecule has 0 unspecified atom stereocenters. The Morgan fingerprint density at radius 3 is 2.30 bits per heavy atom. The summed E-state index contributed by atoms with van der Waals surface area (Å²) in [6, 6.07) is 0. The lowest BCUT2D eigenvalue weighted by atomic mass is 10.1. The smallest absolute Gasteiger partial charge is 0.759 e. The Bertz CT molecular complexity index is 406. The first-order valence-electron chi connectivity index (χ1n) is 5.28. The fraction of sp³-hybridized carbons (Fsp3) is 0.667. The van der Waals surface area contributed by atoms with Crippen LogP contribution in [0.1, 0.15) is 16.2 Å². The van der Waals surface area contributed by atoms with E-state index >= 15 is 0 Å². The molecule has 0 saturated heterocycles. The van der Waals surface area contributed by atoms with Gasteiger partial charge in [-0.3, -0.25) is 18.3 Å². The molecule has 1 aliphatic heterocycles. The molecule has 0 atom stereocenters. The van der Waals surface area contributed by atoms with Gasteiger partial charge in [-0.15, -0.1) is 0 Å². The molecule has 11 heteroatoms. The van der Waals surface area contributed by atoms with Gasteiger partial charge in [0.2, 0.25) is 0 Å². The van der Waals surface area contributed by atoms with Crippen molar-refractivity contribution in [1.82, 2.24) is 4.90 Å². The predicted octanol–water partition coefficient (Wildman–Crippen LogP) is -2.85. The van der Waals surface area contributed by atoms with E-state index in [9.17, 15) is 0 Å². The van der Waals surface area contributed by atoms with Gasteiger partial charge in [0.15, 0.2) is 5.96 Å². The van der Waals surface area contributed by atoms with Crippen molar-refractivity contribution < 1.29 is 31.3 Å². The zero-order valence-electron chi connectivity index (χ0n) is 13.2. The van der Waals surface area contributed by atoms with Crippen molar-refractivity contribution in [3.05, 3.63) is 11.6 Å². The highest BCUT2D eigenvalue weighted by Crippen LogP contribution is 2.08. The van der Waals surface area contributed by atoms with Gasteiger partial charge < -0.3 is 31.5 Å². The van der Waals surface area contributed by atoms with Crippen LogP contribution in [0.25, 0.3) is 0 Å². The molecule has 0 fully saturated rings. The molecule has 122 valence electrons. The SMILES string of the molecule is CC1=CCN(CCN=C(N)N)CC1.O.O.O=S(=O)([O-])[O-].[H+].[H+]. The largest absolute Gasteiger partial charge is 1.00 e. The fourth-order valence-corrected chi connectivity index (χ4v) is 1.34.